The van der Waals surface area contributed by atoms with Crippen LogP contribution in [-0.2, 0) is 6.42 Å². The van der Waals surface area contributed by atoms with Gasteiger partial charge < -0.3 is 4.74 Å². The minimum Gasteiger partial charge on any atom is -0.494 e. The van der Waals surface area contributed by atoms with E-state index in [-0.39, 0.29) is 29.1 Å². The van der Waals surface area contributed by atoms with Gasteiger partial charge in [-0.25, -0.2) is 8.78 Å². The molecule has 104 valence electrons. The van der Waals surface area contributed by atoms with E-state index in [2.05, 4.69) is 15.9 Å². The van der Waals surface area contributed by atoms with Crippen LogP contribution in [0.2, 0.25) is 0 Å². The van der Waals surface area contributed by atoms with E-state index < -0.39 is 11.6 Å². The topological polar surface area (TPSA) is 26.3 Å². The number of benzene rings is 2. The zero-order valence-corrected chi connectivity index (χ0v) is 12.2. The number of ketones is 1. The first-order valence-electron chi connectivity index (χ1n) is 5.82. The molecule has 0 unspecified atom stereocenters. The highest BCUT2D eigenvalue weighted by Crippen LogP contribution is 2.21. The van der Waals surface area contributed by atoms with Crippen molar-refractivity contribution in [2.24, 2.45) is 0 Å². The molecule has 2 aromatic carbocycles. The number of rotatable bonds is 4. The van der Waals surface area contributed by atoms with Crippen molar-refractivity contribution in [3.05, 3.63) is 63.6 Å². The highest BCUT2D eigenvalue weighted by atomic mass is 79.9. The zero-order chi connectivity index (χ0) is 14.7. The third-order valence-electron chi connectivity index (χ3n) is 2.83. The van der Waals surface area contributed by atoms with Crippen molar-refractivity contribution in [1.29, 1.82) is 0 Å². The van der Waals surface area contributed by atoms with E-state index in [1.165, 1.54) is 25.3 Å². The number of ether oxygens (including phenoxy) is 1. The Morgan fingerprint density at radius 2 is 1.85 bits per heavy atom. The highest BCUT2D eigenvalue weighted by molar-refractivity contribution is 9.10. The molecule has 0 fully saturated rings. The van der Waals surface area contributed by atoms with Crippen LogP contribution in [-0.4, -0.2) is 12.9 Å². The Labute approximate surface area is 123 Å². The average molecular weight is 341 g/mol. The molecule has 0 aliphatic carbocycles. The van der Waals surface area contributed by atoms with Crippen molar-refractivity contribution >= 4 is 21.7 Å². The summed E-state index contributed by atoms with van der Waals surface area (Å²) in [6, 6.07) is 8.23. The van der Waals surface area contributed by atoms with Gasteiger partial charge in [0.1, 0.15) is 5.82 Å². The van der Waals surface area contributed by atoms with Gasteiger partial charge in [0.25, 0.3) is 0 Å². The van der Waals surface area contributed by atoms with Crippen LogP contribution in [0.25, 0.3) is 0 Å². The number of hydrogen-bond donors (Lipinski definition) is 0. The molecule has 0 bridgehead atoms. The Morgan fingerprint density at radius 3 is 2.55 bits per heavy atom. The first-order chi connectivity index (χ1) is 9.51. The quantitative estimate of drug-likeness (QED) is 0.781. The first-order valence-corrected chi connectivity index (χ1v) is 6.61. The number of carbonyl (C=O) groups is 1. The molecule has 5 heteroatoms. The third-order valence-corrected chi connectivity index (χ3v) is 3.33. The predicted octanol–water partition coefficient (Wildman–Crippen LogP) is 4.16. The summed E-state index contributed by atoms with van der Waals surface area (Å²) in [5.41, 5.74) is 0.565. The summed E-state index contributed by atoms with van der Waals surface area (Å²) in [5, 5.41) is 0. The summed E-state index contributed by atoms with van der Waals surface area (Å²) in [6.07, 6.45) is -0.0972. The normalized spacial score (nSPS) is 10.4. The smallest absolute Gasteiger partial charge is 0.167 e. The van der Waals surface area contributed by atoms with E-state index in [1.54, 1.807) is 12.1 Å². The molecule has 0 saturated carbocycles. The molecule has 0 atom stereocenters. The van der Waals surface area contributed by atoms with Gasteiger partial charge in [0.15, 0.2) is 17.3 Å². The van der Waals surface area contributed by atoms with Crippen molar-refractivity contribution in [2.45, 2.75) is 6.42 Å². The molecule has 0 N–H and O–H groups in total. The average Bonchev–Trinajstić information content (AvgIpc) is 2.43. The van der Waals surface area contributed by atoms with E-state index in [4.69, 9.17) is 4.74 Å². The summed E-state index contributed by atoms with van der Waals surface area (Å²) in [6.45, 7) is 0. The number of hydrogen-bond acceptors (Lipinski definition) is 2. The molecule has 0 aromatic heterocycles. The molecule has 0 saturated heterocycles. The summed E-state index contributed by atoms with van der Waals surface area (Å²) in [7, 11) is 1.32. The fraction of sp³-hybridized carbons (Fsp3) is 0.133. The summed E-state index contributed by atoms with van der Waals surface area (Å²) >= 11 is 3.23. The van der Waals surface area contributed by atoms with Gasteiger partial charge >= 0.3 is 0 Å². The van der Waals surface area contributed by atoms with Crippen molar-refractivity contribution in [3.8, 4) is 5.75 Å². The van der Waals surface area contributed by atoms with Crippen molar-refractivity contribution < 1.29 is 18.3 Å². The van der Waals surface area contributed by atoms with E-state index in [1.807, 2.05) is 0 Å². The van der Waals surface area contributed by atoms with Gasteiger partial charge in [-0.15, -0.1) is 0 Å². The van der Waals surface area contributed by atoms with Crippen LogP contribution in [0.4, 0.5) is 8.78 Å². The minimum absolute atomic E-state index is 0.00874. The van der Waals surface area contributed by atoms with E-state index in [0.29, 0.717) is 4.47 Å². The summed E-state index contributed by atoms with van der Waals surface area (Å²) < 4.78 is 32.4. The molecule has 2 aromatic rings. The SMILES string of the molecule is COc1cc(C(=O)Cc2cc(Br)ccc2F)ccc1F. The second-order valence-electron chi connectivity index (χ2n) is 4.19. The van der Waals surface area contributed by atoms with Gasteiger partial charge in [-0.1, -0.05) is 15.9 Å². The molecule has 0 amide bonds. The Morgan fingerprint density at radius 1 is 1.15 bits per heavy atom. The standard InChI is InChI=1S/C15H11BrF2O2/c1-20-15-8-9(2-4-13(15)18)14(19)7-10-6-11(16)3-5-12(10)17/h2-6,8H,7H2,1H3. The van der Waals surface area contributed by atoms with E-state index >= 15 is 0 Å². The molecule has 20 heavy (non-hydrogen) atoms. The third kappa shape index (κ3) is 3.22. The lowest BCUT2D eigenvalue weighted by atomic mass is 10.0. The molecule has 0 heterocycles. The van der Waals surface area contributed by atoms with E-state index in [0.717, 1.165) is 6.07 Å². The molecule has 2 nitrogen and oxygen atoms in total. The van der Waals surface area contributed by atoms with Crippen LogP contribution >= 0.6 is 15.9 Å². The molecular weight excluding hydrogens is 330 g/mol. The molecule has 0 aliphatic rings. The molecule has 0 spiro atoms. The van der Waals surface area contributed by atoms with Gasteiger partial charge in [-0.3, -0.25) is 4.79 Å². The number of methoxy groups -OCH3 is 1. The second-order valence-corrected chi connectivity index (χ2v) is 5.10. The lowest BCUT2D eigenvalue weighted by molar-refractivity contribution is 0.0991. The van der Waals surface area contributed by atoms with Crippen LogP contribution in [0, 0.1) is 11.6 Å². The Bertz CT molecular complexity index is 656. The second kappa shape index (κ2) is 6.13. The van der Waals surface area contributed by atoms with Gasteiger partial charge in [0, 0.05) is 16.5 Å². The molecular formula is C15H11BrF2O2. The van der Waals surface area contributed by atoms with Crippen molar-refractivity contribution in [1.82, 2.24) is 0 Å². The number of Topliss-reactive ketones (excluding diaryl/α,β-unsaturated/α-hetero) is 1. The highest BCUT2D eigenvalue weighted by Gasteiger charge is 2.13. The summed E-state index contributed by atoms with van der Waals surface area (Å²) in [4.78, 5) is 12.1. The van der Waals surface area contributed by atoms with Gasteiger partial charge in [0.05, 0.1) is 7.11 Å². The summed E-state index contributed by atoms with van der Waals surface area (Å²) in [5.74, 6) is -1.31. The molecule has 0 radical (unpaired) electrons. The monoisotopic (exact) mass is 340 g/mol. The first kappa shape index (κ1) is 14.7. The van der Waals surface area contributed by atoms with Crippen LogP contribution in [0.1, 0.15) is 15.9 Å². The van der Waals surface area contributed by atoms with Gasteiger partial charge in [-0.2, -0.15) is 0 Å². The predicted molar refractivity (Wildman–Crippen MR) is 75.1 cm³/mol. The van der Waals surface area contributed by atoms with Gasteiger partial charge in [0.2, 0.25) is 0 Å². The van der Waals surface area contributed by atoms with Gasteiger partial charge in [-0.05, 0) is 42.0 Å². The lowest BCUT2D eigenvalue weighted by Crippen LogP contribution is -2.06. The Kier molecular flexibility index (Phi) is 4.49. The van der Waals surface area contributed by atoms with Crippen LogP contribution in [0.5, 0.6) is 5.75 Å². The Hall–Kier alpha value is -1.75. The zero-order valence-electron chi connectivity index (χ0n) is 10.6. The Balaban J connectivity index is 2.26. The molecule has 2 rings (SSSR count). The number of halogens is 3. The van der Waals surface area contributed by atoms with Crippen molar-refractivity contribution in [3.63, 3.8) is 0 Å². The largest absolute Gasteiger partial charge is 0.494 e. The fourth-order valence-corrected chi connectivity index (χ4v) is 2.20. The van der Waals surface area contributed by atoms with Crippen LogP contribution < -0.4 is 4.74 Å². The van der Waals surface area contributed by atoms with Crippen molar-refractivity contribution in [2.75, 3.05) is 7.11 Å². The number of carbonyl (C=O) groups excluding carboxylic acids is 1. The maximum Gasteiger partial charge on any atom is 0.167 e. The maximum absolute atomic E-state index is 13.6. The van der Waals surface area contributed by atoms with E-state index in [9.17, 15) is 13.6 Å². The minimum atomic E-state index is -0.544. The molecule has 0 aliphatic heterocycles. The maximum atomic E-state index is 13.6. The van der Waals surface area contributed by atoms with Crippen LogP contribution in [0.15, 0.2) is 40.9 Å². The lowest BCUT2D eigenvalue weighted by Gasteiger charge is -2.06. The van der Waals surface area contributed by atoms with Crippen LogP contribution in [0.3, 0.4) is 0 Å². The fourth-order valence-electron chi connectivity index (χ4n) is 1.79.